The van der Waals surface area contributed by atoms with Crippen molar-refractivity contribution in [1.29, 1.82) is 0 Å². The van der Waals surface area contributed by atoms with Crippen molar-refractivity contribution in [2.45, 2.75) is 59.0 Å². The Kier molecular flexibility index (Phi) is 7.06. The van der Waals surface area contributed by atoms with Crippen LogP contribution in [0.3, 0.4) is 0 Å². The number of hydrogen-bond donors (Lipinski definition) is 3. The van der Waals surface area contributed by atoms with E-state index >= 15 is 0 Å². The van der Waals surface area contributed by atoms with E-state index in [4.69, 9.17) is 4.74 Å². The first-order valence-electron chi connectivity index (χ1n) is 10.6. The van der Waals surface area contributed by atoms with E-state index < -0.39 is 6.10 Å². The van der Waals surface area contributed by atoms with Gasteiger partial charge in [0.05, 0.1) is 6.42 Å². The largest absolute Gasteiger partial charge is 0.508 e. The predicted octanol–water partition coefficient (Wildman–Crippen LogP) is 6.14. The van der Waals surface area contributed by atoms with E-state index in [1.165, 1.54) is 29.3 Å². The molecule has 3 rings (SSSR count). The van der Waals surface area contributed by atoms with E-state index in [1.807, 2.05) is 0 Å². The highest BCUT2D eigenvalue weighted by molar-refractivity contribution is 6.03. The fraction of sp³-hybridized carbons (Fsp3) is 0.346. The van der Waals surface area contributed by atoms with Gasteiger partial charge in [-0.05, 0) is 64.2 Å². The van der Waals surface area contributed by atoms with Gasteiger partial charge in [-0.15, -0.1) is 0 Å². The van der Waals surface area contributed by atoms with Crippen molar-refractivity contribution >= 4 is 5.78 Å². The summed E-state index contributed by atoms with van der Waals surface area (Å²) in [6.45, 7) is 6.24. The highest BCUT2D eigenvalue weighted by Crippen LogP contribution is 2.45. The Morgan fingerprint density at radius 2 is 1.77 bits per heavy atom. The summed E-state index contributed by atoms with van der Waals surface area (Å²) in [6.07, 6.45) is 6.92. The Bertz CT molecular complexity index is 1010. The van der Waals surface area contributed by atoms with Crippen molar-refractivity contribution in [1.82, 2.24) is 0 Å². The summed E-state index contributed by atoms with van der Waals surface area (Å²) >= 11 is 0. The number of Topliss-reactive ketones (excluding diaryl/α,β-unsaturated/α-hetero) is 1. The minimum Gasteiger partial charge on any atom is -0.508 e. The molecule has 0 spiro atoms. The van der Waals surface area contributed by atoms with E-state index in [-0.39, 0.29) is 40.8 Å². The van der Waals surface area contributed by atoms with Crippen LogP contribution in [0.5, 0.6) is 23.0 Å². The molecule has 2 aromatic carbocycles. The van der Waals surface area contributed by atoms with Crippen molar-refractivity contribution in [2.24, 2.45) is 0 Å². The molecule has 5 heteroatoms. The van der Waals surface area contributed by atoms with Crippen molar-refractivity contribution < 1.29 is 24.9 Å². The van der Waals surface area contributed by atoms with Crippen LogP contribution in [0.2, 0.25) is 0 Å². The third kappa shape index (κ3) is 5.48. The molecule has 5 nitrogen and oxygen atoms in total. The van der Waals surface area contributed by atoms with Gasteiger partial charge in [-0.25, -0.2) is 0 Å². The van der Waals surface area contributed by atoms with Gasteiger partial charge in [-0.3, -0.25) is 4.79 Å². The van der Waals surface area contributed by atoms with Crippen molar-refractivity contribution in [3.8, 4) is 23.0 Å². The van der Waals surface area contributed by atoms with Crippen molar-refractivity contribution in [3.05, 3.63) is 70.3 Å². The molecule has 0 radical (unpaired) electrons. The Hall–Kier alpha value is -3.21. The van der Waals surface area contributed by atoms with Gasteiger partial charge >= 0.3 is 0 Å². The van der Waals surface area contributed by atoms with E-state index in [9.17, 15) is 20.1 Å². The predicted molar refractivity (Wildman–Crippen MR) is 121 cm³/mol. The Morgan fingerprint density at radius 1 is 1.06 bits per heavy atom. The molecule has 164 valence electrons. The number of rotatable bonds is 7. The fourth-order valence-corrected chi connectivity index (χ4v) is 3.77. The lowest BCUT2D eigenvalue weighted by Crippen LogP contribution is -2.21. The average molecular weight is 423 g/mol. The number of hydrogen-bond acceptors (Lipinski definition) is 5. The van der Waals surface area contributed by atoms with Crippen LogP contribution in [0.15, 0.2) is 53.6 Å². The number of phenolic OH excluding ortho intramolecular Hbond substituents is 3. The lowest BCUT2D eigenvalue weighted by atomic mass is 9.92. The number of fused-ring (bicyclic) bond motifs is 1. The summed E-state index contributed by atoms with van der Waals surface area (Å²) < 4.78 is 5.91. The van der Waals surface area contributed by atoms with Crippen LogP contribution in [0.1, 0.15) is 74.0 Å². The summed E-state index contributed by atoms with van der Waals surface area (Å²) in [4.78, 5) is 12.8. The van der Waals surface area contributed by atoms with Crippen LogP contribution >= 0.6 is 0 Å². The fourth-order valence-electron chi connectivity index (χ4n) is 3.77. The van der Waals surface area contributed by atoms with Gasteiger partial charge < -0.3 is 20.1 Å². The third-order valence-electron chi connectivity index (χ3n) is 5.51. The zero-order valence-corrected chi connectivity index (χ0v) is 18.3. The van der Waals surface area contributed by atoms with E-state index in [0.29, 0.717) is 18.4 Å². The zero-order chi connectivity index (χ0) is 22.5. The topological polar surface area (TPSA) is 87.0 Å². The minimum atomic E-state index is -0.531. The molecule has 0 aromatic heterocycles. The van der Waals surface area contributed by atoms with Gasteiger partial charge in [0.2, 0.25) is 0 Å². The van der Waals surface area contributed by atoms with Gasteiger partial charge in [0.25, 0.3) is 0 Å². The Balaban J connectivity index is 1.75. The van der Waals surface area contributed by atoms with Gasteiger partial charge in [-0.1, -0.05) is 35.4 Å². The van der Waals surface area contributed by atoms with Crippen LogP contribution in [-0.4, -0.2) is 21.1 Å². The highest BCUT2D eigenvalue weighted by atomic mass is 16.5. The van der Waals surface area contributed by atoms with E-state index in [2.05, 4.69) is 32.9 Å². The molecule has 0 bridgehead atoms. The lowest BCUT2D eigenvalue weighted by Gasteiger charge is -2.27. The molecule has 1 atom stereocenters. The quantitative estimate of drug-likeness (QED) is 0.467. The molecule has 1 heterocycles. The second-order valence-electron chi connectivity index (χ2n) is 8.33. The summed E-state index contributed by atoms with van der Waals surface area (Å²) in [5.74, 6) is -0.189. The second kappa shape index (κ2) is 9.73. The summed E-state index contributed by atoms with van der Waals surface area (Å²) in [5.41, 5.74) is 3.80. The maximum atomic E-state index is 12.8. The molecule has 0 unspecified atom stereocenters. The monoisotopic (exact) mass is 422 g/mol. The zero-order valence-electron chi connectivity index (χ0n) is 18.3. The molecule has 0 saturated heterocycles. The molecule has 2 aromatic rings. The Labute approximate surface area is 183 Å². The third-order valence-corrected chi connectivity index (χ3v) is 5.51. The van der Waals surface area contributed by atoms with Gasteiger partial charge in [-0.2, -0.15) is 0 Å². The smallest absolute Gasteiger partial charge is 0.174 e. The molecule has 3 N–H and O–H groups in total. The first-order chi connectivity index (χ1) is 14.8. The van der Waals surface area contributed by atoms with Crippen LogP contribution in [0.4, 0.5) is 0 Å². The molecule has 1 aliphatic heterocycles. The number of aromatic hydroxyl groups is 3. The number of ether oxygens (including phenoxy) is 1. The second-order valence-corrected chi connectivity index (χ2v) is 8.33. The summed E-state index contributed by atoms with van der Waals surface area (Å²) in [5, 5.41) is 30.7. The molecule has 0 fully saturated rings. The van der Waals surface area contributed by atoms with Crippen LogP contribution in [0, 0.1) is 0 Å². The number of allylic oxidation sites excluding steroid dienone is 4. The molecule has 31 heavy (non-hydrogen) atoms. The van der Waals surface area contributed by atoms with Crippen molar-refractivity contribution in [2.75, 3.05) is 0 Å². The first-order valence-corrected chi connectivity index (χ1v) is 10.6. The molecule has 1 aliphatic rings. The molecule has 0 aliphatic carbocycles. The number of ketones is 1. The van der Waals surface area contributed by atoms with Crippen LogP contribution < -0.4 is 4.74 Å². The SMILES string of the molecule is CC(C)=CCC/C(C)=C/CCc1c(O)cc2c(c1O)C(=O)C[C@@H](c1ccc(O)cc1)O2. The van der Waals surface area contributed by atoms with Gasteiger partial charge in [0.1, 0.15) is 34.7 Å². The Morgan fingerprint density at radius 3 is 2.45 bits per heavy atom. The molecule has 0 saturated carbocycles. The van der Waals surface area contributed by atoms with E-state index in [1.54, 1.807) is 12.1 Å². The first kappa shape index (κ1) is 22.5. The van der Waals surface area contributed by atoms with Gasteiger partial charge in [0, 0.05) is 11.6 Å². The summed E-state index contributed by atoms with van der Waals surface area (Å²) in [6, 6.07) is 7.87. The lowest BCUT2D eigenvalue weighted by molar-refractivity contribution is 0.0844. The summed E-state index contributed by atoms with van der Waals surface area (Å²) in [7, 11) is 0. The maximum absolute atomic E-state index is 12.8. The standard InChI is InChI=1S/C26H30O5/c1-16(2)6-4-7-17(3)8-5-9-20-21(28)14-24-25(26(20)30)22(29)15-23(31-24)18-10-12-19(27)13-11-18/h6,8,10-14,23,27-28,30H,4-5,7,9,15H2,1-3H3/b17-8+/t23-/m0/s1. The number of carbonyl (C=O) groups excluding carboxylic acids is 1. The minimum absolute atomic E-state index is 0.0778. The van der Waals surface area contributed by atoms with E-state index in [0.717, 1.165) is 18.4 Å². The van der Waals surface area contributed by atoms with Crippen molar-refractivity contribution in [3.63, 3.8) is 0 Å². The average Bonchev–Trinajstić information content (AvgIpc) is 2.70. The van der Waals surface area contributed by atoms with Crippen LogP contribution in [-0.2, 0) is 6.42 Å². The molecular formula is C26H30O5. The normalized spacial score (nSPS) is 15.9. The highest BCUT2D eigenvalue weighted by Gasteiger charge is 2.32. The number of benzene rings is 2. The van der Waals surface area contributed by atoms with Crippen LogP contribution in [0.25, 0.3) is 0 Å². The maximum Gasteiger partial charge on any atom is 0.174 e. The molecular weight excluding hydrogens is 392 g/mol. The van der Waals surface area contributed by atoms with Gasteiger partial charge in [0.15, 0.2) is 5.78 Å². The number of carbonyl (C=O) groups is 1. The number of phenols is 3. The molecule has 0 amide bonds.